The summed E-state index contributed by atoms with van der Waals surface area (Å²) in [5.74, 6) is 2.24. The van der Waals surface area contributed by atoms with E-state index in [0.717, 1.165) is 43.6 Å². The second-order valence-corrected chi connectivity index (χ2v) is 4.86. The molecule has 1 fully saturated rings. The van der Waals surface area contributed by atoms with E-state index in [1.807, 2.05) is 0 Å². The molecule has 1 aliphatic heterocycles. The molecule has 1 aromatic heterocycles. The van der Waals surface area contributed by atoms with Crippen LogP contribution in [0.1, 0.15) is 24.6 Å². The zero-order valence-corrected chi connectivity index (χ0v) is 11.6. The van der Waals surface area contributed by atoms with E-state index in [1.54, 1.807) is 7.11 Å². The Morgan fingerprint density at radius 2 is 2.26 bits per heavy atom. The van der Waals surface area contributed by atoms with E-state index < -0.39 is 0 Å². The summed E-state index contributed by atoms with van der Waals surface area (Å²) in [6.07, 6.45) is 3.95. The first-order chi connectivity index (χ1) is 9.38. The zero-order chi connectivity index (χ0) is 13.3. The van der Waals surface area contributed by atoms with Gasteiger partial charge in [0.25, 0.3) is 0 Å². The average molecular weight is 269 g/mol. The second-order valence-electron chi connectivity index (χ2n) is 4.86. The van der Waals surface area contributed by atoms with E-state index in [1.165, 1.54) is 6.42 Å². The van der Waals surface area contributed by atoms with Crippen molar-refractivity contribution in [3.05, 3.63) is 11.7 Å². The number of rotatable bonds is 9. The molecule has 0 aliphatic carbocycles. The molecule has 1 aromatic rings. The van der Waals surface area contributed by atoms with E-state index in [-0.39, 0.29) is 0 Å². The SMILES string of the molecule is COCCOCCc1noc(CCC2CCNC2)n1. The van der Waals surface area contributed by atoms with Crippen molar-refractivity contribution in [2.75, 3.05) is 40.0 Å². The maximum atomic E-state index is 5.37. The van der Waals surface area contributed by atoms with Crippen LogP contribution in [0.25, 0.3) is 0 Å². The molecule has 1 unspecified atom stereocenters. The quantitative estimate of drug-likeness (QED) is 0.669. The van der Waals surface area contributed by atoms with Crippen LogP contribution in [0.4, 0.5) is 0 Å². The molecule has 2 rings (SSSR count). The van der Waals surface area contributed by atoms with Crippen molar-refractivity contribution in [1.82, 2.24) is 15.5 Å². The minimum Gasteiger partial charge on any atom is -0.382 e. The van der Waals surface area contributed by atoms with Crippen molar-refractivity contribution in [2.24, 2.45) is 5.92 Å². The third kappa shape index (κ3) is 5.26. The third-order valence-electron chi connectivity index (χ3n) is 3.34. The van der Waals surface area contributed by atoms with Gasteiger partial charge in [0.05, 0.1) is 19.8 Å². The molecule has 0 spiro atoms. The highest BCUT2D eigenvalue weighted by Crippen LogP contribution is 2.15. The van der Waals surface area contributed by atoms with Gasteiger partial charge >= 0.3 is 0 Å². The second kappa shape index (κ2) is 8.24. The molecule has 6 nitrogen and oxygen atoms in total. The third-order valence-corrected chi connectivity index (χ3v) is 3.34. The lowest BCUT2D eigenvalue weighted by Crippen LogP contribution is -2.09. The summed E-state index contributed by atoms with van der Waals surface area (Å²) in [7, 11) is 1.66. The lowest BCUT2D eigenvalue weighted by molar-refractivity contribution is 0.0714. The Morgan fingerprint density at radius 1 is 1.32 bits per heavy atom. The van der Waals surface area contributed by atoms with Crippen molar-refractivity contribution in [3.8, 4) is 0 Å². The van der Waals surface area contributed by atoms with Crippen molar-refractivity contribution >= 4 is 0 Å². The van der Waals surface area contributed by atoms with Gasteiger partial charge in [0, 0.05) is 20.0 Å². The van der Waals surface area contributed by atoms with E-state index in [0.29, 0.717) is 26.2 Å². The summed E-state index contributed by atoms with van der Waals surface area (Å²) in [5.41, 5.74) is 0. The fraction of sp³-hybridized carbons (Fsp3) is 0.846. The molecular weight excluding hydrogens is 246 g/mol. The van der Waals surface area contributed by atoms with Gasteiger partial charge < -0.3 is 19.3 Å². The lowest BCUT2D eigenvalue weighted by atomic mass is 10.0. The van der Waals surface area contributed by atoms with E-state index >= 15 is 0 Å². The standard InChI is InChI=1S/C13H23N3O3/c1-17-8-9-18-7-5-12-15-13(19-16-12)3-2-11-4-6-14-10-11/h11,14H,2-10H2,1H3. The molecule has 6 heteroatoms. The van der Waals surface area contributed by atoms with Gasteiger partial charge in [0.2, 0.25) is 5.89 Å². The maximum absolute atomic E-state index is 5.37. The highest BCUT2D eigenvalue weighted by atomic mass is 16.5. The predicted octanol–water partition coefficient (Wildman–Crippen LogP) is 0.817. The van der Waals surface area contributed by atoms with Crippen LogP contribution in [0, 0.1) is 5.92 Å². The molecule has 2 heterocycles. The Balaban J connectivity index is 1.61. The van der Waals surface area contributed by atoms with Gasteiger partial charge in [-0.05, 0) is 31.8 Å². The van der Waals surface area contributed by atoms with Crippen LogP contribution in [0.15, 0.2) is 4.52 Å². The summed E-state index contributed by atoms with van der Waals surface area (Å²) in [5, 5.41) is 7.33. The van der Waals surface area contributed by atoms with Crippen LogP contribution in [-0.2, 0) is 22.3 Å². The van der Waals surface area contributed by atoms with Crippen LogP contribution < -0.4 is 5.32 Å². The maximum Gasteiger partial charge on any atom is 0.226 e. The van der Waals surface area contributed by atoms with Crippen molar-refractivity contribution < 1.29 is 14.0 Å². The van der Waals surface area contributed by atoms with Gasteiger partial charge in [-0.2, -0.15) is 4.98 Å². The fourth-order valence-electron chi connectivity index (χ4n) is 2.19. The summed E-state index contributed by atoms with van der Waals surface area (Å²) in [6, 6.07) is 0. The Kier molecular flexibility index (Phi) is 6.26. The minimum atomic E-state index is 0.606. The van der Waals surface area contributed by atoms with Crippen LogP contribution in [0.5, 0.6) is 0 Å². The summed E-state index contributed by atoms with van der Waals surface area (Å²) >= 11 is 0. The van der Waals surface area contributed by atoms with Gasteiger partial charge in [-0.15, -0.1) is 0 Å². The van der Waals surface area contributed by atoms with E-state index in [2.05, 4.69) is 15.5 Å². The summed E-state index contributed by atoms with van der Waals surface area (Å²) in [6.45, 7) is 4.09. The number of methoxy groups -OCH3 is 1. The molecule has 1 atom stereocenters. The molecule has 0 aromatic carbocycles. The number of nitrogens with one attached hydrogen (secondary N) is 1. The normalized spacial score (nSPS) is 19.1. The van der Waals surface area contributed by atoms with Gasteiger partial charge in [0.1, 0.15) is 0 Å². The largest absolute Gasteiger partial charge is 0.382 e. The van der Waals surface area contributed by atoms with E-state index in [4.69, 9.17) is 14.0 Å². The van der Waals surface area contributed by atoms with Crippen LogP contribution >= 0.6 is 0 Å². The van der Waals surface area contributed by atoms with Crippen LogP contribution in [0.3, 0.4) is 0 Å². The van der Waals surface area contributed by atoms with Crippen LogP contribution in [0.2, 0.25) is 0 Å². The van der Waals surface area contributed by atoms with Crippen molar-refractivity contribution in [2.45, 2.75) is 25.7 Å². The average Bonchev–Trinajstić information content (AvgIpc) is 3.07. The Hall–Kier alpha value is -0.980. The summed E-state index contributed by atoms with van der Waals surface area (Å²) in [4.78, 5) is 4.38. The smallest absolute Gasteiger partial charge is 0.226 e. The highest BCUT2D eigenvalue weighted by Gasteiger charge is 2.15. The van der Waals surface area contributed by atoms with E-state index in [9.17, 15) is 0 Å². The summed E-state index contributed by atoms with van der Waals surface area (Å²) < 4.78 is 15.5. The number of hydrogen-bond donors (Lipinski definition) is 1. The fourth-order valence-corrected chi connectivity index (χ4v) is 2.19. The number of hydrogen-bond acceptors (Lipinski definition) is 6. The topological polar surface area (TPSA) is 69.4 Å². The number of aryl methyl sites for hydroxylation is 1. The predicted molar refractivity (Wildman–Crippen MR) is 70.0 cm³/mol. The zero-order valence-electron chi connectivity index (χ0n) is 11.6. The van der Waals surface area contributed by atoms with Gasteiger partial charge in [0.15, 0.2) is 5.82 Å². The number of nitrogens with zero attached hydrogens (tertiary/aromatic N) is 2. The highest BCUT2D eigenvalue weighted by molar-refractivity contribution is 4.87. The van der Waals surface area contributed by atoms with Crippen molar-refractivity contribution in [3.63, 3.8) is 0 Å². The Labute approximate surface area is 113 Å². The van der Waals surface area contributed by atoms with Gasteiger partial charge in [-0.3, -0.25) is 0 Å². The first-order valence-electron chi connectivity index (χ1n) is 6.97. The molecule has 0 amide bonds. The molecule has 1 aliphatic rings. The molecule has 0 radical (unpaired) electrons. The van der Waals surface area contributed by atoms with Crippen molar-refractivity contribution in [1.29, 1.82) is 0 Å². The molecule has 0 bridgehead atoms. The first-order valence-corrected chi connectivity index (χ1v) is 6.97. The molecule has 108 valence electrons. The minimum absolute atomic E-state index is 0.606. The number of aromatic nitrogens is 2. The molecular formula is C13H23N3O3. The van der Waals surface area contributed by atoms with Gasteiger partial charge in [-0.1, -0.05) is 5.16 Å². The van der Waals surface area contributed by atoms with Gasteiger partial charge in [-0.25, -0.2) is 0 Å². The Bertz CT molecular complexity index is 351. The molecule has 0 saturated carbocycles. The molecule has 19 heavy (non-hydrogen) atoms. The number of ether oxygens (including phenoxy) is 2. The first kappa shape index (κ1) is 14.4. The molecule has 1 saturated heterocycles. The monoisotopic (exact) mass is 269 g/mol. The lowest BCUT2D eigenvalue weighted by Gasteiger charge is -2.03. The van der Waals surface area contributed by atoms with Crippen LogP contribution in [-0.4, -0.2) is 50.2 Å². The Morgan fingerprint density at radius 3 is 3.05 bits per heavy atom. The molecule has 1 N–H and O–H groups in total.